The second-order valence-electron chi connectivity index (χ2n) is 6.49. The van der Waals surface area contributed by atoms with Gasteiger partial charge in [0, 0.05) is 18.8 Å². The van der Waals surface area contributed by atoms with Gasteiger partial charge in [0.1, 0.15) is 0 Å². The van der Waals surface area contributed by atoms with Crippen LogP contribution in [0.3, 0.4) is 0 Å². The topological polar surface area (TPSA) is 78.7 Å². The molecule has 158 valence electrons. The Kier molecular flexibility index (Phi) is 9.93. The van der Waals surface area contributed by atoms with E-state index in [9.17, 15) is 4.79 Å². The van der Waals surface area contributed by atoms with Gasteiger partial charge in [-0.1, -0.05) is 42.5 Å². The van der Waals surface area contributed by atoms with E-state index in [-0.39, 0.29) is 35.6 Å². The van der Waals surface area contributed by atoms with Crippen molar-refractivity contribution in [1.82, 2.24) is 10.6 Å². The third-order valence-electron chi connectivity index (χ3n) is 4.27. The number of amides is 1. The fourth-order valence-corrected chi connectivity index (χ4v) is 2.78. The smallest absolute Gasteiger partial charge is 0.291 e. The second kappa shape index (κ2) is 12.7. The van der Waals surface area contributed by atoms with Gasteiger partial charge in [0.25, 0.3) is 5.91 Å². The molecule has 0 atom stereocenters. The highest BCUT2D eigenvalue weighted by Gasteiger charge is 2.08. The summed E-state index contributed by atoms with van der Waals surface area (Å²) in [6, 6.07) is 21.3. The van der Waals surface area contributed by atoms with Crippen molar-refractivity contribution in [1.29, 1.82) is 0 Å². The minimum atomic E-state index is -0.266. The Morgan fingerprint density at radius 2 is 1.70 bits per heavy atom. The summed E-state index contributed by atoms with van der Waals surface area (Å²) in [5.74, 6) is 0.812. The number of benzene rings is 2. The quantitative estimate of drug-likeness (QED) is 0.234. The van der Waals surface area contributed by atoms with Gasteiger partial charge < -0.3 is 20.4 Å². The number of nitrogens with one attached hydrogen (secondary N) is 3. The van der Waals surface area contributed by atoms with Crippen LogP contribution in [0.2, 0.25) is 0 Å². The molecular weight excluding hydrogens is 491 g/mol. The number of hydrogen-bond acceptors (Lipinski definition) is 3. The molecule has 1 aromatic heterocycles. The monoisotopic (exact) mass is 518 g/mol. The lowest BCUT2D eigenvalue weighted by atomic mass is 10.1. The van der Waals surface area contributed by atoms with Crippen LogP contribution in [-0.2, 0) is 13.0 Å². The van der Waals surface area contributed by atoms with Gasteiger partial charge in [-0.05, 0) is 48.7 Å². The van der Waals surface area contributed by atoms with Crippen LogP contribution in [0.25, 0.3) is 0 Å². The Morgan fingerprint density at radius 3 is 2.37 bits per heavy atom. The number of carbonyl (C=O) groups is 1. The zero-order chi connectivity index (χ0) is 20.3. The molecule has 6 nitrogen and oxygen atoms in total. The molecular formula is C23H27IN4O2. The van der Waals surface area contributed by atoms with Crippen LogP contribution in [0.1, 0.15) is 28.6 Å². The molecule has 2 aromatic carbocycles. The summed E-state index contributed by atoms with van der Waals surface area (Å²) in [4.78, 5) is 16.6. The van der Waals surface area contributed by atoms with Crippen molar-refractivity contribution in [3.63, 3.8) is 0 Å². The highest BCUT2D eigenvalue weighted by atomic mass is 127. The van der Waals surface area contributed by atoms with Crippen molar-refractivity contribution in [2.45, 2.75) is 19.9 Å². The van der Waals surface area contributed by atoms with E-state index in [2.05, 4.69) is 45.2 Å². The largest absolute Gasteiger partial charge is 0.459 e. The molecule has 3 rings (SSSR count). The van der Waals surface area contributed by atoms with Crippen molar-refractivity contribution in [2.75, 3.05) is 18.4 Å². The van der Waals surface area contributed by atoms with Gasteiger partial charge in [0.15, 0.2) is 11.7 Å². The first-order valence-electron chi connectivity index (χ1n) is 9.74. The first kappa shape index (κ1) is 23.5. The van der Waals surface area contributed by atoms with Crippen LogP contribution in [0.4, 0.5) is 5.69 Å². The van der Waals surface area contributed by atoms with Crippen molar-refractivity contribution in [3.8, 4) is 0 Å². The van der Waals surface area contributed by atoms with Crippen molar-refractivity contribution >= 4 is 41.5 Å². The zero-order valence-corrected chi connectivity index (χ0v) is 19.3. The van der Waals surface area contributed by atoms with E-state index in [0.29, 0.717) is 12.2 Å². The van der Waals surface area contributed by atoms with E-state index in [1.165, 1.54) is 11.8 Å². The van der Waals surface area contributed by atoms with E-state index in [1.54, 1.807) is 12.1 Å². The van der Waals surface area contributed by atoms with Crippen molar-refractivity contribution in [2.24, 2.45) is 4.99 Å². The number of anilines is 1. The number of halogens is 1. The first-order chi connectivity index (χ1) is 14.2. The third kappa shape index (κ3) is 7.55. The average Bonchev–Trinajstić information content (AvgIpc) is 3.29. The fourth-order valence-electron chi connectivity index (χ4n) is 2.78. The first-order valence-corrected chi connectivity index (χ1v) is 9.74. The molecule has 0 unspecified atom stereocenters. The molecule has 0 aliphatic carbocycles. The summed E-state index contributed by atoms with van der Waals surface area (Å²) in [5, 5.41) is 9.43. The normalized spacial score (nSPS) is 10.8. The maximum Gasteiger partial charge on any atom is 0.291 e. The van der Waals surface area contributed by atoms with Gasteiger partial charge >= 0.3 is 0 Å². The van der Waals surface area contributed by atoms with Crippen LogP contribution >= 0.6 is 24.0 Å². The maximum atomic E-state index is 12.0. The molecule has 3 N–H and O–H groups in total. The standard InChI is InChI=1S/C23H26N4O2.HI/c1-2-24-23(25-15-14-18-7-4-3-5-8-18)26-17-19-10-12-20(13-11-19)27-22(28)21-9-6-16-29-21;/h3-13,16H,2,14-15,17H2,1H3,(H,27,28)(H2,24,25,26);1H. The predicted octanol–water partition coefficient (Wildman–Crippen LogP) is 4.45. The molecule has 0 saturated heterocycles. The molecule has 0 radical (unpaired) electrons. The lowest BCUT2D eigenvalue weighted by molar-refractivity contribution is 0.0996. The molecule has 1 amide bonds. The van der Waals surface area contributed by atoms with E-state index in [1.807, 2.05) is 37.3 Å². The minimum absolute atomic E-state index is 0. The van der Waals surface area contributed by atoms with Gasteiger partial charge in [-0.3, -0.25) is 4.79 Å². The maximum absolute atomic E-state index is 12.0. The molecule has 3 aromatic rings. The molecule has 0 spiro atoms. The number of carbonyl (C=O) groups excluding carboxylic acids is 1. The Hall–Kier alpha value is -2.81. The van der Waals surface area contributed by atoms with E-state index >= 15 is 0 Å². The number of rotatable bonds is 8. The molecule has 0 saturated carbocycles. The van der Waals surface area contributed by atoms with E-state index in [4.69, 9.17) is 4.42 Å². The Morgan fingerprint density at radius 1 is 0.933 bits per heavy atom. The van der Waals surface area contributed by atoms with Crippen LogP contribution in [0.15, 0.2) is 82.4 Å². The van der Waals surface area contributed by atoms with Crippen LogP contribution in [0, 0.1) is 0 Å². The number of nitrogens with zero attached hydrogens (tertiary/aromatic N) is 1. The fraction of sp³-hybridized carbons (Fsp3) is 0.217. The number of hydrogen-bond donors (Lipinski definition) is 3. The number of furan rings is 1. The van der Waals surface area contributed by atoms with Crippen LogP contribution in [0.5, 0.6) is 0 Å². The molecule has 7 heteroatoms. The Bertz CT molecular complexity index is 910. The summed E-state index contributed by atoms with van der Waals surface area (Å²) in [6.07, 6.45) is 2.42. The SMILES string of the molecule is CCNC(=NCc1ccc(NC(=O)c2ccco2)cc1)NCCc1ccccc1.I. The van der Waals surface area contributed by atoms with Gasteiger partial charge in [-0.2, -0.15) is 0 Å². The highest BCUT2D eigenvalue weighted by molar-refractivity contribution is 14.0. The lowest BCUT2D eigenvalue weighted by Gasteiger charge is -2.11. The van der Waals surface area contributed by atoms with Crippen molar-refractivity contribution in [3.05, 3.63) is 89.9 Å². The summed E-state index contributed by atoms with van der Waals surface area (Å²) in [7, 11) is 0. The van der Waals surface area contributed by atoms with Crippen LogP contribution < -0.4 is 16.0 Å². The highest BCUT2D eigenvalue weighted by Crippen LogP contribution is 2.12. The number of guanidine groups is 1. The summed E-state index contributed by atoms with van der Waals surface area (Å²) in [6.45, 7) is 4.21. The average molecular weight is 518 g/mol. The van der Waals surface area contributed by atoms with Gasteiger partial charge in [0.05, 0.1) is 12.8 Å². The predicted molar refractivity (Wildman–Crippen MR) is 131 cm³/mol. The summed E-state index contributed by atoms with van der Waals surface area (Å²) < 4.78 is 5.10. The molecule has 30 heavy (non-hydrogen) atoms. The van der Waals surface area contributed by atoms with E-state index in [0.717, 1.165) is 31.0 Å². The minimum Gasteiger partial charge on any atom is -0.459 e. The molecule has 0 bridgehead atoms. The Labute approximate surface area is 194 Å². The molecule has 0 aliphatic rings. The molecule has 1 heterocycles. The third-order valence-corrected chi connectivity index (χ3v) is 4.27. The Balaban J connectivity index is 0.00000320. The molecule has 0 fully saturated rings. The van der Waals surface area contributed by atoms with Gasteiger partial charge in [-0.15, -0.1) is 24.0 Å². The van der Waals surface area contributed by atoms with Crippen LogP contribution in [-0.4, -0.2) is 25.0 Å². The zero-order valence-electron chi connectivity index (χ0n) is 16.9. The van der Waals surface area contributed by atoms with Gasteiger partial charge in [-0.25, -0.2) is 4.99 Å². The number of aliphatic imine (C=N–C) groups is 1. The van der Waals surface area contributed by atoms with Gasteiger partial charge in [0.2, 0.25) is 0 Å². The van der Waals surface area contributed by atoms with Crippen molar-refractivity contribution < 1.29 is 9.21 Å². The van der Waals surface area contributed by atoms with E-state index < -0.39 is 0 Å². The summed E-state index contributed by atoms with van der Waals surface area (Å²) in [5.41, 5.74) is 3.07. The second-order valence-corrected chi connectivity index (χ2v) is 6.49. The molecule has 0 aliphatic heterocycles. The lowest BCUT2D eigenvalue weighted by Crippen LogP contribution is -2.38. The summed E-state index contributed by atoms with van der Waals surface area (Å²) >= 11 is 0.